The highest BCUT2D eigenvalue weighted by molar-refractivity contribution is 5.86. The molecule has 1 aromatic carbocycles. The van der Waals surface area contributed by atoms with Crippen LogP contribution in [0.15, 0.2) is 41.5 Å². The number of hydrogen-bond donors (Lipinski definition) is 3. The predicted molar refractivity (Wildman–Crippen MR) is 90.9 cm³/mol. The van der Waals surface area contributed by atoms with E-state index in [4.69, 9.17) is 0 Å². The van der Waals surface area contributed by atoms with Crippen molar-refractivity contribution in [3.05, 3.63) is 42.4 Å². The smallest absolute Gasteiger partial charge is 0.241 e. The number of carbonyl (C=O) groups excluding carboxylic acids is 1. The summed E-state index contributed by atoms with van der Waals surface area (Å²) >= 11 is 0. The fraction of sp³-hybridized carbons (Fsp3) is 0.312. The van der Waals surface area contributed by atoms with E-state index in [2.05, 4.69) is 25.6 Å². The van der Waals surface area contributed by atoms with Crippen molar-refractivity contribution >= 4 is 11.9 Å². The third kappa shape index (κ3) is 4.84. The molecule has 0 atom stereocenters. The van der Waals surface area contributed by atoms with Crippen LogP contribution in [0, 0.1) is 0 Å². The van der Waals surface area contributed by atoms with Gasteiger partial charge < -0.3 is 20.5 Å². The number of aliphatic imine (C=N–C) groups is 1. The number of guanidine groups is 1. The van der Waals surface area contributed by atoms with Crippen molar-refractivity contribution in [3.8, 4) is 11.3 Å². The second kappa shape index (κ2) is 7.98. The summed E-state index contributed by atoms with van der Waals surface area (Å²) in [4.78, 5) is 24.8. The zero-order chi connectivity index (χ0) is 16.7. The van der Waals surface area contributed by atoms with E-state index in [1.807, 2.05) is 30.3 Å². The highest BCUT2D eigenvalue weighted by Crippen LogP contribution is 2.15. The Bertz CT molecular complexity index is 662. The zero-order valence-electron chi connectivity index (χ0n) is 13.6. The van der Waals surface area contributed by atoms with Crippen LogP contribution >= 0.6 is 0 Å². The third-order valence-electron chi connectivity index (χ3n) is 3.27. The number of benzene rings is 1. The monoisotopic (exact) mass is 314 g/mol. The minimum Gasteiger partial charge on any atom is -0.349 e. The number of aromatic amines is 1. The molecule has 0 spiro atoms. The van der Waals surface area contributed by atoms with E-state index in [0.717, 1.165) is 17.1 Å². The molecular weight excluding hydrogens is 292 g/mol. The van der Waals surface area contributed by atoms with Gasteiger partial charge in [-0.3, -0.25) is 9.79 Å². The van der Waals surface area contributed by atoms with Crippen LogP contribution in [0.2, 0.25) is 0 Å². The molecule has 0 aliphatic heterocycles. The first-order valence-corrected chi connectivity index (χ1v) is 7.34. The van der Waals surface area contributed by atoms with E-state index in [1.54, 1.807) is 27.3 Å². The Morgan fingerprint density at radius 1 is 1.26 bits per heavy atom. The Kier molecular flexibility index (Phi) is 5.74. The van der Waals surface area contributed by atoms with Crippen molar-refractivity contribution in [3.63, 3.8) is 0 Å². The molecule has 1 amide bonds. The Morgan fingerprint density at radius 2 is 2.00 bits per heavy atom. The van der Waals surface area contributed by atoms with Gasteiger partial charge in [0.05, 0.1) is 25.0 Å². The summed E-state index contributed by atoms with van der Waals surface area (Å²) in [7, 11) is 5.09. The molecule has 7 nitrogen and oxygen atoms in total. The summed E-state index contributed by atoms with van der Waals surface area (Å²) in [5, 5.41) is 6.08. The first-order valence-electron chi connectivity index (χ1n) is 7.34. The number of imidazole rings is 1. The lowest BCUT2D eigenvalue weighted by Gasteiger charge is -2.13. The molecule has 0 fully saturated rings. The van der Waals surface area contributed by atoms with Crippen molar-refractivity contribution in [1.29, 1.82) is 0 Å². The number of carbonyl (C=O) groups is 1. The molecule has 2 aromatic rings. The van der Waals surface area contributed by atoms with Gasteiger partial charge in [0.15, 0.2) is 5.96 Å². The van der Waals surface area contributed by atoms with Crippen LogP contribution in [0.1, 0.15) is 5.82 Å². The number of H-pyrrole nitrogens is 1. The van der Waals surface area contributed by atoms with Crippen molar-refractivity contribution in [2.45, 2.75) is 6.54 Å². The minimum atomic E-state index is -0.0164. The predicted octanol–water partition coefficient (Wildman–Crippen LogP) is 0.830. The summed E-state index contributed by atoms with van der Waals surface area (Å²) in [5.41, 5.74) is 2.05. The minimum absolute atomic E-state index is 0.0164. The SMILES string of the molecule is CN=C(NCC(=O)N(C)C)NCc1ncc(-c2ccccc2)[nH]1. The molecule has 122 valence electrons. The Labute approximate surface area is 135 Å². The molecule has 23 heavy (non-hydrogen) atoms. The number of rotatable bonds is 5. The molecule has 3 N–H and O–H groups in total. The lowest BCUT2D eigenvalue weighted by atomic mass is 10.2. The third-order valence-corrected chi connectivity index (χ3v) is 3.27. The van der Waals surface area contributed by atoms with E-state index in [9.17, 15) is 4.79 Å². The lowest BCUT2D eigenvalue weighted by molar-refractivity contribution is -0.127. The van der Waals surface area contributed by atoms with Crippen LogP contribution in [0.25, 0.3) is 11.3 Å². The average Bonchev–Trinajstić information content (AvgIpc) is 3.04. The van der Waals surface area contributed by atoms with E-state index in [1.165, 1.54) is 4.90 Å². The van der Waals surface area contributed by atoms with E-state index in [-0.39, 0.29) is 12.5 Å². The van der Waals surface area contributed by atoms with Gasteiger partial charge in [0.2, 0.25) is 5.91 Å². The van der Waals surface area contributed by atoms with Crippen molar-refractivity contribution in [2.75, 3.05) is 27.7 Å². The number of nitrogens with one attached hydrogen (secondary N) is 3. The van der Waals surface area contributed by atoms with E-state index in [0.29, 0.717) is 12.5 Å². The van der Waals surface area contributed by atoms with Crippen molar-refractivity contribution < 1.29 is 4.79 Å². The molecule has 0 unspecified atom stereocenters. The number of likely N-dealkylation sites (N-methyl/N-ethyl adjacent to an activating group) is 1. The van der Waals surface area contributed by atoms with Gasteiger partial charge in [0.1, 0.15) is 5.82 Å². The van der Waals surface area contributed by atoms with Gasteiger partial charge in [0.25, 0.3) is 0 Å². The van der Waals surface area contributed by atoms with Crippen molar-refractivity contribution in [2.24, 2.45) is 4.99 Å². The largest absolute Gasteiger partial charge is 0.349 e. The number of aromatic nitrogens is 2. The van der Waals surface area contributed by atoms with Crippen LogP contribution in [-0.2, 0) is 11.3 Å². The Hall–Kier alpha value is -2.83. The second-order valence-corrected chi connectivity index (χ2v) is 5.18. The van der Waals surface area contributed by atoms with Gasteiger partial charge in [-0.2, -0.15) is 0 Å². The number of nitrogens with zero attached hydrogens (tertiary/aromatic N) is 3. The molecule has 0 saturated heterocycles. The standard InChI is InChI=1S/C16H22N6O/c1-17-16(20-11-15(23)22(2)3)19-10-14-18-9-13(21-14)12-7-5-4-6-8-12/h4-9H,10-11H2,1-3H3,(H,18,21)(H2,17,19,20). The van der Waals surface area contributed by atoms with Gasteiger partial charge >= 0.3 is 0 Å². The van der Waals surface area contributed by atoms with Gasteiger partial charge in [-0.15, -0.1) is 0 Å². The topological polar surface area (TPSA) is 85.4 Å². The van der Waals surface area contributed by atoms with Gasteiger partial charge in [-0.25, -0.2) is 4.98 Å². The Morgan fingerprint density at radius 3 is 2.65 bits per heavy atom. The summed E-state index contributed by atoms with van der Waals surface area (Å²) in [6.07, 6.45) is 1.80. The molecule has 2 rings (SSSR count). The van der Waals surface area contributed by atoms with Gasteiger partial charge in [-0.05, 0) is 5.56 Å². The molecule has 0 radical (unpaired) electrons. The first-order chi connectivity index (χ1) is 11.1. The van der Waals surface area contributed by atoms with Crippen molar-refractivity contribution in [1.82, 2.24) is 25.5 Å². The number of amides is 1. The first kappa shape index (κ1) is 16.5. The summed E-state index contributed by atoms with van der Waals surface area (Å²) in [6, 6.07) is 10.0. The summed E-state index contributed by atoms with van der Waals surface area (Å²) in [5.74, 6) is 1.33. The maximum absolute atomic E-state index is 11.6. The zero-order valence-corrected chi connectivity index (χ0v) is 13.6. The van der Waals surface area contributed by atoms with Crippen LogP contribution in [-0.4, -0.2) is 54.4 Å². The fourth-order valence-electron chi connectivity index (χ4n) is 1.92. The average molecular weight is 314 g/mol. The van der Waals surface area contributed by atoms with Crippen LogP contribution < -0.4 is 10.6 Å². The van der Waals surface area contributed by atoms with Crippen LogP contribution in [0.5, 0.6) is 0 Å². The highest BCUT2D eigenvalue weighted by atomic mass is 16.2. The molecule has 0 aliphatic rings. The van der Waals surface area contributed by atoms with Gasteiger partial charge in [-0.1, -0.05) is 30.3 Å². The van der Waals surface area contributed by atoms with Crippen LogP contribution in [0.4, 0.5) is 0 Å². The Balaban J connectivity index is 1.88. The fourth-order valence-corrected chi connectivity index (χ4v) is 1.92. The molecule has 0 saturated carbocycles. The maximum atomic E-state index is 11.6. The van der Waals surface area contributed by atoms with Gasteiger partial charge in [0, 0.05) is 21.1 Å². The quantitative estimate of drug-likeness (QED) is 0.564. The normalized spacial score (nSPS) is 11.2. The molecule has 0 aliphatic carbocycles. The maximum Gasteiger partial charge on any atom is 0.241 e. The van der Waals surface area contributed by atoms with E-state index < -0.39 is 0 Å². The van der Waals surface area contributed by atoms with Crippen LogP contribution in [0.3, 0.4) is 0 Å². The molecular formula is C16H22N6O. The second-order valence-electron chi connectivity index (χ2n) is 5.18. The molecule has 0 bridgehead atoms. The molecule has 1 aromatic heterocycles. The van der Waals surface area contributed by atoms with E-state index >= 15 is 0 Å². The summed E-state index contributed by atoms with van der Waals surface area (Å²) < 4.78 is 0. The molecule has 1 heterocycles. The summed E-state index contributed by atoms with van der Waals surface area (Å²) in [6.45, 7) is 0.683. The molecule has 7 heteroatoms. The number of hydrogen-bond acceptors (Lipinski definition) is 3. The highest BCUT2D eigenvalue weighted by Gasteiger charge is 2.07. The lowest BCUT2D eigenvalue weighted by Crippen LogP contribution is -2.42.